The lowest BCUT2D eigenvalue weighted by molar-refractivity contribution is 0.0953. The van der Waals surface area contributed by atoms with Crippen molar-refractivity contribution in [1.82, 2.24) is 25.5 Å². The Bertz CT molecular complexity index is 739. The Kier molecular flexibility index (Phi) is 3.86. The van der Waals surface area contributed by atoms with Gasteiger partial charge < -0.3 is 5.32 Å². The van der Waals surface area contributed by atoms with Crippen LogP contribution in [0.3, 0.4) is 0 Å². The number of carbonyl (C=O) groups is 1. The van der Waals surface area contributed by atoms with Crippen LogP contribution in [0.4, 0.5) is 0 Å². The number of pyridine rings is 1. The zero-order valence-electron chi connectivity index (χ0n) is 11.4. The van der Waals surface area contributed by atoms with Gasteiger partial charge in [0.25, 0.3) is 5.91 Å². The van der Waals surface area contributed by atoms with Crippen molar-refractivity contribution in [2.75, 3.05) is 6.54 Å². The van der Waals surface area contributed by atoms with E-state index in [-0.39, 0.29) is 5.91 Å². The molecule has 0 atom stereocenters. The lowest BCUT2D eigenvalue weighted by Gasteiger charge is -2.05. The van der Waals surface area contributed by atoms with E-state index in [1.165, 1.54) is 6.33 Å². The van der Waals surface area contributed by atoms with E-state index in [9.17, 15) is 4.79 Å². The summed E-state index contributed by atoms with van der Waals surface area (Å²) in [5.41, 5.74) is 1.54. The quantitative estimate of drug-likeness (QED) is 0.697. The van der Waals surface area contributed by atoms with E-state index in [1.54, 1.807) is 12.3 Å². The predicted octanol–water partition coefficient (Wildman–Crippen LogP) is 1.72. The van der Waals surface area contributed by atoms with Crippen molar-refractivity contribution in [2.45, 2.75) is 12.8 Å². The monoisotopic (exact) mass is 281 g/mol. The maximum atomic E-state index is 12.1. The van der Waals surface area contributed by atoms with Gasteiger partial charge in [0.15, 0.2) is 0 Å². The summed E-state index contributed by atoms with van der Waals surface area (Å²) in [6.45, 7) is 0.602. The van der Waals surface area contributed by atoms with Crippen LogP contribution < -0.4 is 5.32 Å². The van der Waals surface area contributed by atoms with Crippen molar-refractivity contribution >= 4 is 16.8 Å². The second kappa shape index (κ2) is 6.13. The molecule has 1 amide bonds. The molecule has 3 rings (SSSR count). The summed E-state index contributed by atoms with van der Waals surface area (Å²) >= 11 is 0. The highest BCUT2D eigenvalue weighted by Gasteiger charge is 2.06. The van der Waals surface area contributed by atoms with Crippen LogP contribution in [0.2, 0.25) is 0 Å². The molecule has 2 N–H and O–H groups in total. The third-order valence-corrected chi connectivity index (χ3v) is 3.21. The van der Waals surface area contributed by atoms with Gasteiger partial charge >= 0.3 is 0 Å². The molecule has 6 heteroatoms. The van der Waals surface area contributed by atoms with Crippen molar-refractivity contribution in [3.63, 3.8) is 0 Å². The van der Waals surface area contributed by atoms with Crippen molar-refractivity contribution in [3.8, 4) is 0 Å². The summed E-state index contributed by atoms with van der Waals surface area (Å²) in [4.78, 5) is 20.4. The lowest BCUT2D eigenvalue weighted by atomic mass is 10.1. The summed E-state index contributed by atoms with van der Waals surface area (Å²) < 4.78 is 0. The average molecular weight is 281 g/mol. The summed E-state index contributed by atoms with van der Waals surface area (Å²) in [6, 6.07) is 9.32. The second-order valence-electron chi connectivity index (χ2n) is 4.70. The summed E-state index contributed by atoms with van der Waals surface area (Å²) in [7, 11) is 0. The van der Waals surface area contributed by atoms with E-state index >= 15 is 0 Å². The highest BCUT2D eigenvalue weighted by molar-refractivity contribution is 5.97. The highest BCUT2D eigenvalue weighted by Crippen LogP contribution is 2.13. The number of amides is 1. The first-order valence-electron chi connectivity index (χ1n) is 6.80. The topological polar surface area (TPSA) is 83.6 Å². The van der Waals surface area contributed by atoms with Crippen LogP contribution in [-0.4, -0.2) is 32.6 Å². The smallest absolute Gasteiger partial charge is 0.251 e. The predicted molar refractivity (Wildman–Crippen MR) is 78.8 cm³/mol. The van der Waals surface area contributed by atoms with Gasteiger partial charge in [0.05, 0.1) is 5.52 Å². The largest absolute Gasteiger partial charge is 0.352 e. The lowest BCUT2D eigenvalue weighted by Crippen LogP contribution is -2.24. The molecule has 0 unspecified atom stereocenters. The molecule has 3 aromatic rings. The number of nitrogens with one attached hydrogen (secondary N) is 2. The number of hydrogen-bond acceptors (Lipinski definition) is 4. The summed E-state index contributed by atoms with van der Waals surface area (Å²) in [5.74, 6) is 0.763. The first-order chi connectivity index (χ1) is 10.3. The van der Waals surface area contributed by atoms with E-state index in [0.29, 0.717) is 12.1 Å². The first-order valence-corrected chi connectivity index (χ1v) is 6.80. The van der Waals surface area contributed by atoms with E-state index in [4.69, 9.17) is 0 Å². The van der Waals surface area contributed by atoms with Crippen molar-refractivity contribution in [3.05, 3.63) is 54.2 Å². The maximum absolute atomic E-state index is 12.1. The summed E-state index contributed by atoms with van der Waals surface area (Å²) in [6.07, 6.45) is 4.81. The third kappa shape index (κ3) is 3.22. The molecule has 1 aromatic carbocycles. The molecule has 2 heterocycles. The van der Waals surface area contributed by atoms with Gasteiger partial charge in [0.2, 0.25) is 0 Å². The molecule has 0 spiro atoms. The summed E-state index contributed by atoms with van der Waals surface area (Å²) in [5, 5.41) is 10.4. The number of nitrogens with zero attached hydrogens (tertiary/aromatic N) is 3. The molecule has 0 aliphatic rings. The van der Waals surface area contributed by atoms with E-state index in [1.807, 2.05) is 24.3 Å². The van der Waals surface area contributed by atoms with Gasteiger partial charge in [-0.2, -0.15) is 5.10 Å². The Hall–Kier alpha value is -2.76. The van der Waals surface area contributed by atoms with Gasteiger partial charge in [0.1, 0.15) is 12.2 Å². The van der Waals surface area contributed by atoms with Gasteiger partial charge in [-0.05, 0) is 30.7 Å². The molecule has 0 saturated heterocycles. The molecule has 0 aliphatic heterocycles. The molecular weight excluding hydrogens is 266 g/mol. The fourth-order valence-corrected chi connectivity index (χ4v) is 2.13. The average Bonchev–Trinajstić information content (AvgIpc) is 3.04. The molecule has 0 bridgehead atoms. The van der Waals surface area contributed by atoms with Crippen LogP contribution in [0.15, 0.2) is 42.9 Å². The van der Waals surface area contributed by atoms with Crippen LogP contribution >= 0.6 is 0 Å². The number of fused-ring (bicyclic) bond motifs is 1. The van der Waals surface area contributed by atoms with E-state index < -0.39 is 0 Å². The van der Waals surface area contributed by atoms with Crippen molar-refractivity contribution in [1.29, 1.82) is 0 Å². The van der Waals surface area contributed by atoms with Crippen LogP contribution in [0, 0.1) is 0 Å². The van der Waals surface area contributed by atoms with Gasteiger partial charge in [-0.25, -0.2) is 4.98 Å². The Morgan fingerprint density at radius 2 is 2.19 bits per heavy atom. The minimum atomic E-state index is -0.0710. The number of rotatable bonds is 5. The molecule has 21 heavy (non-hydrogen) atoms. The molecule has 0 aliphatic carbocycles. The van der Waals surface area contributed by atoms with Crippen LogP contribution in [0.1, 0.15) is 22.6 Å². The fourth-order valence-electron chi connectivity index (χ4n) is 2.13. The molecule has 0 radical (unpaired) electrons. The van der Waals surface area contributed by atoms with E-state index in [0.717, 1.165) is 29.6 Å². The van der Waals surface area contributed by atoms with Crippen molar-refractivity contribution in [2.24, 2.45) is 0 Å². The number of benzene rings is 1. The van der Waals surface area contributed by atoms with Gasteiger partial charge in [-0.1, -0.05) is 6.07 Å². The Morgan fingerprint density at radius 1 is 1.24 bits per heavy atom. The molecule has 0 fully saturated rings. The standard InChI is InChI=1S/C15H15N5O/c21-15(17-8-2-4-14-18-10-19-20-14)12-5-6-13-11(9-12)3-1-7-16-13/h1,3,5-7,9-10H,2,4,8H2,(H,17,21)(H,18,19,20). The normalized spacial score (nSPS) is 10.7. The minimum absolute atomic E-state index is 0.0710. The minimum Gasteiger partial charge on any atom is -0.352 e. The Morgan fingerprint density at radius 3 is 3.05 bits per heavy atom. The zero-order chi connectivity index (χ0) is 14.5. The van der Waals surface area contributed by atoms with Crippen LogP contribution in [-0.2, 0) is 6.42 Å². The molecule has 2 aromatic heterocycles. The number of aromatic amines is 1. The zero-order valence-corrected chi connectivity index (χ0v) is 11.4. The third-order valence-electron chi connectivity index (χ3n) is 3.21. The highest BCUT2D eigenvalue weighted by atomic mass is 16.1. The number of carbonyl (C=O) groups excluding carboxylic acids is 1. The van der Waals surface area contributed by atoms with Crippen LogP contribution in [0.5, 0.6) is 0 Å². The Balaban J connectivity index is 1.56. The molecular formula is C15H15N5O. The Labute approximate surface area is 121 Å². The molecule has 0 saturated carbocycles. The molecule has 106 valence electrons. The number of aromatic nitrogens is 4. The van der Waals surface area contributed by atoms with Gasteiger partial charge in [0, 0.05) is 30.1 Å². The number of H-pyrrole nitrogens is 1. The van der Waals surface area contributed by atoms with Crippen LogP contribution in [0.25, 0.3) is 10.9 Å². The maximum Gasteiger partial charge on any atom is 0.251 e. The van der Waals surface area contributed by atoms with E-state index in [2.05, 4.69) is 25.5 Å². The SMILES string of the molecule is O=C(NCCCc1ncn[nH]1)c1ccc2ncccc2c1. The number of hydrogen-bond donors (Lipinski definition) is 2. The first kappa shape index (κ1) is 13.2. The number of aryl methyl sites for hydroxylation is 1. The van der Waals surface area contributed by atoms with Gasteiger partial charge in [-0.15, -0.1) is 0 Å². The molecule has 6 nitrogen and oxygen atoms in total. The fraction of sp³-hybridized carbons (Fsp3) is 0.200. The van der Waals surface area contributed by atoms with Gasteiger partial charge in [-0.3, -0.25) is 14.9 Å². The van der Waals surface area contributed by atoms with Crippen molar-refractivity contribution < 1.29 is 4.79 Å². The second-order valence-corrected chi connectivity index (χ2v) is 4.70.